The third-order valence-electron chi connectivity index (χ3n) is 3.56. The Morgan fingerprint density at radius 1 is 1.00 bits per heavy atom. The predicted octanol–water partition coefficient (Wildman–Crippen LogP) is 3.63. The SMILES string of the molecule is CC(=O)COCC(F)CN(Cc1ccccc1)Cc1ccccc1. The zero-order valence-electron chi connectivity index (χ0n) is 14.0. The van der Waals surface area contributed by atoms with Gasteiger partial charge >= 0.3 is 0 Å². The molecule has 0 aliphatic carbocycles. The molecule has 0 N–H and O–H groups in total. The van der Waals surface area contributed by atoms with Gasteiger partial charge in [0.15, 0.2) is 5.78 Å². The summed E-state index contributed by atoms with van der Waals surface area (Å²) in [4.78, 5) is 12.9. The van der Waals surface area contributed by atoms with Crippen LogP contribution in [0.25, 0.3) is 0 Å². The third kappa shape index (κ3) is 7.02. The third-order valence-corrected chi connectivity index (χ3v) is 3.56. The van der Waals surface area contributed by atoms with Gasteiger partial charge in [-0.15, -0.1) is 0 Å². The van der Waals surface area contributed by atoms with Crippen molar-refractivity contribution in [2.75, 3.05) is 19.8 Å². The first-order valence-electron chi connectivity index (χ1n) is 8.15. The van der Waals surface area contributed by atoms with Crippen LogP contribution >= 0.6 is 0 Å². The second-order valence-electron chi connectivity index (χ2n) is 5.96. The average Bonchev–Trinajstić information content (AvgIpc) is 2.56. The van der Waals surface area contributed by atoms with E-state index >= 15 is 0 Å². The van der Waals surface area contributed by atoms with E-state index in [1.54, 1.807) is 0 Å². The zero-order valence-corrected chi connectivity index (χ0v) is 14.0. The summed E-state index contributed by atoms with van der Waals surface area (Å²) in [5, 5.41) is 0. The van der Waals surface area contributed by atoms with Crippen molar-refractivity contribution < 1.29 is 13.9 Å². The van der Waals surface area contributed by atoms with Gasteiger partial charge in [0.1, 0.15) is 12.8 Å². The molecular weight excluding hydrogens is 305 g/mol. The summed E-state index contributed by atoms with van der Waals surface area (Å²) < 4.78 is 19.3. The minimum Gasteiger partial charge on any atom is -0.371 e. The number of Topliss-reactive ketones (excluding diaryl/α,β-unsaturated/α-hetero) is 1. The maximum Gasteiger partial charge on any atom is 0.155 e. The first kappa shape index (κ1) is 18.3. The first-order valence-corrected chi connectivity index (χ1v) is 8.15. The molecule has 2 aromatic carbocycles. The Labute approximate surface area is 143 Å². The summed E-state index contributed by atoms with van der Waals surface area (Å²) in [7, 11) is 0. The summed E-state index contributed by atoms with van der Waals surface area (Å²) in [6, 6.07) is 20.0. The van der Waals surface area contributed by atoms with Gasteiger partial charge in [0.25, 0.3) is 0 Å². The predicted molar refractivity (Wildman–Crippen MR) is 93.4 cm³/mol. The van der Waals surface area contributed by atoms with E-state index < -0.39 is 6.17 Å². The Morgan fingerprint density at radius 2 is 1.50 bits per heavy atom. The summed E-state index contributed by atoms with van der Waals surface area (Å²) in [6.07, 6.45) is -1.13. The Hall–Kier alpha value is -2.04. The molecule has 0 amide bonds. The number of carbonyl (C=O) groups excluding carboxylic acids is 1. The molecule has 0 saturated heterocycles. The minimum atomic E-state index is -1.13. The van der Waals surface area contributed by atoms with Gasteiger partial charge in [0.05, 0.1) is 6.61 Å². The van der Waals surface area contributed by atoms with Crippen LogP contribution in [0, 0.1) is 0 Å². The van der Waals surface area contributed by atoms with Gasteiger partial charge in [-0.25, -0.2) is 4.39 Å². The number of halogens is 1. The average molecular weight is 329 g/mol. The number of rotatable bonds is 10. The van der Waals surface area contributed by atoms with Crippen LogP contribution in [-0.2, 0) is 22.6 Å². The Balaban J connectivity index is 1.95. The number of carbonyl (C=O) groups is 1. The molecule has 2 rings (SSSR count). The van der Waals surface area contributed by atoms with Crippen LogP contribution in [0.2, 0.25) is 0 Å². The largest absolute Gasteiger partial charge is 0.371 e. The Kier molecular flexibility index (Phi) is 7.59. The summed E-state index contributed by atoms with van der Waals surface area (Å²) in [5.74, 6) is -0.0902. The molecule has 0 bridgehead atoms. The molecular formula is C20H24FNO2. The lowest BCUT2D eigenvalue weighted by Crippen LogP contribution is -2.32. The molecule has 0 aliphatic rings. The highest BCUT2D eigenvalue weighted by Gasteiger charge is 2.15. The van der Waals surface area contributed by atoms with E-state index in [-0.39, 0.29) is 25.5 Å². The lowest BCUT2D eigenvalue weighted by atomic mass is 10.1. The van der Waals surface area contributed by atoms with Gasteiger partial charge in [-0.1, -0.05) is 60.7 Å². The van der Waals surface area contributed by atoms with Crippen molar-refractivity contribution in [3.8, 4) is 0 Å². The van der Waals surface area contributed by atoms with E-state index in [0.717, 1.165) is 11.1 Å². The van der Waals surface area contributed by atoms with E-state index in [2.05, 4.69) is 4.90 Å². The molecule has 0 aliphatic heterocycles. The van der Waals surface area contributed by atoms with Crippen molar-refractivity contribution in [1.29, 1.82) is 0 Å². The number of nitrogens with zero attached hydrogens (tertiary/aromatic N) is 1. The number of alkyl halides is 1. The molecule has 0 spiro atoms. The van der Waals surface area contributed by atoms with E-state index in [1.165, 1.54) is 6.92 Å². The van der Waals surface area contributed by atoms with Crippen LogP contribution in [0.3, 0.4) is 0 Å². The van der Waals surface area contributed by atoms with E-state index in [1.807, 2.05) is 60.7 Å². The maximum absolute atomic E-state index is 14.2. The van der Waals surface area contributed by atoms with Gasteiger partial charge in [-0.2, -0.15) is 0 Å². The molecule has 0 radical (unpaired) electrons. The summed E-state index contributed by atoms with van der Waals surface area (Å²) >= 11 is 0. The lowest BCUT2D eigenvalue weighted by molar-refractivity contribution is -0.122. The van der Waals surface area contributed by atoms with Crippen molar-refractivity contribution >= 4 is 5.78 Å². The van der Waals surface area contributed by atoms with Gasteiger partial charge in [0, 0.05) is 19.6 Å². The fourth-order valence-electron chi connectivity index (χ4n) is 2.53. The summed E-state index contributed by atoms with van der Waals surface area (Å²) in [6.45, 7) is 2.95. The number of hydrogen-bond acceptors (Lipinski definition) is 3. The molecule has 2 aromatic rings. The zero-order chi connectivity index (χ0) is 17.2. The molecule has 3 nitrogen and oxygen atoms in total. The quantitative estimate of drug-likeness (QED) is 0.666. The van der Waals surface area contributed by atoms with E-state index in [9.17, 15) is 9.18 Å². The van der Waals surface area contributed by atoms with Crippen molar-refractivity contribution in [2.45, 2.75) is 26.2 Å². The number of ketones is 1. The Bertz CT molecular complexity index is 562. The molecule has 1 unspecified atom stereocenters. The van der Waals surface area contributed by atoms with Crippen molar-refractivity contribution in [1.82, 2.24) is 4.90 Å². The van der Waals surface area contributed by atoms with Gasteiger partial charge in [-0.3, -0.25) is 9.69 Å². The van der Waals surface area contributed by atoms with Crippen molar-refractivity contribution in [3.63, 3.8) is 0 Å². The van der Waals surface area contributed by atoms with Crippen LogP contribution in [0.5, 0.6) is 0 Å². The molecule has 0 heterocycles. The molecule has 0 saturated carbocycles. The topological polar surface area (TPSA) is 29.5 Å². The van der Waals surface area contributed by atoms with E-state index in [0.29, 0.717) is 13.1 Å². The second-order valence-corrected chi connectivity index (χ2v) is 5.96. The van der Waals surface area contributed by atoms with Crippen molar-refractivity contribution in [2.24, 2.45) is 0 Å². The molecule has 128 valence electrons. The van der Waals surface area contributed by atoms with Crippen LogP contribution in [0.15, 0.2) is 60.7 Å². The molecule has 4 heteroatoms. The molecule has 24 heavy (non-hydrogen) atoms. The van der Waals surface area contributed by atoms with Crippen LogP contribution in [0.1, 0.15) is 18.1 Å². The molecule has 1 atom stereocenters. The van der Waals surface area contributed by atoms with Crippen molar-refractivity contribution in [3.05, 3.63) is 71.8 Å². The fraction of sp³-hybridized carbons (Fsp3) is 0.350. The van der Waals surface area contributed by atoms with Crippen LogP contribution in [-0.4, -0.2) is 36.6 Å². The van der Waals surface area contributed by atoms with Gasteiger partial charge in [0.2, 0.25) is 0 Å². The van der Waals surface area contributed by atoms with E-state index in [4.69, 9.17) is 4.74 Å². The minimum absolute atomic E-state index is 0.0300. The smallest absolute Gasteiger partial charge is 0.155 e. The number of hydrogen-bond donors (Lipinski definition) is 0. The number of benzene rings is 2. The number of ether oxygens (including phenoxy) is 1. The summed E-state index contributed by atoms with van der Waals surface area (Å²) in [5.41, 5.74) is 2.29. The second kappa shape index (κ2) is 9.96. The highest BCUT2D eigenvalue weighted by Crippen LogP contribution is 2.11. The maximum atomic E-state index is 14.2. The molecule has 0 aromatic heterocycles. The normalized spacial score (nSPS) is 12.3. The lowest BCUT2D eigenvalue weighted by Gasteiger charge is -2.24. The molecule has 0 fully saturated rings. The highest BCUT2D eigenvalue weighted by atomic mass is 19.1. The Morgan fingerprint density at radius 3 is 1.96 bits per heavy atom. The van der Waals surface area contributed by atoms with Gasteiger partial charge in [-0.05, 0) is 18.1 Å². The fourth-order valence-corrected chi connectivity index (χ4v) is 2.53. The van der Waals surface area contributed by atoms with Crippen LogP contribution < -0.4 is 0 Å². The van der Waals surface area contributed by atoms with Crippen LogP contribution in [0.4, 0.5) is 4.39 Å². The van der Waals surface area contributed by atoms with Gasteiger partial charge < -0.3 is 4.74 Å². The standard InChI is InChI=1S/C20H24FNO2/c1-17(23)15-24-16-20(21)14-22(12-18-8-4-2-5-9-18)13-19-10-6-3-7-11-19/h2-11,20H,12-16H2,1H3. The monoisotopic (exact) mass is 329 g/mol. The highest BCUT2D eigenvalue weighted by molar-refractivity contribution is 5.76. The first-order chi connectivity index (χ1) is 11.6.